The molecule has 1 aromatic carbocycles. The molecule has 0 aromatic heterocycles. The normalized spacial score (nSPS) is 11.1. The van der Waals surface area contributed by atoms with E-state index in [2.05, 4.69) is 0 Å². The molecule has 0 bridgehead atoms. The molecule has 0 aliphatic rings. The van der Waals surface area contributed by atoms with E-state index >= 15 is 0 Å². The lowest BCUT2D eigenvalue weighted by molar-refractivity contribution is -0.131. The van der Waals surface area contributed by atoms with E-state index in [1.807, 2.05) is 0 Å². The first-order chi connectivity index (χ1) is 7.99. The van der Waals surface area contributed by atoms with Crippen molar-refractivity contribution in [1.82, 2.24) is 0 Å². The number of carboxylic acid groups (broad SMARTS) is 1. The van der Waals surface area contributed by atoms with Crippen LogP contribution in [0.3, 0.4) is 0 Å². The van der Waals surface area contributed by atoms with Crippen LogP contribution in [-0.4, -0.2) is 24.1 Å². The Bertz CT molecular complexity index is 433. The zero-order chi connectivity index (χ0) is 12.8. The molecule has 0 atom stereocenters. The molecule has 0 amide bonds. The van der Waals surface area contributed by atoms with Gasteiger partial charge in [0.1, 0.15) is 12.4 Å². The fraction of sp³-hybridized carbons (Fsp3) is 0.182. The molecule has 1 aromatic rings. The first-order valence-corrected chi connectivity index (χ1v) is 4.98. The zero-order valence-corrected chi connectivity index (χ0v) is 9.32. The van der Waals surface area contributed by atoms with Crippen LogP contribution in [0.1, 0.15) is 5.56 Å². The van der Waals surface area contributed by atoms with Crippen molar-refractivity contribution in [2.24, 2.45) is 0 Å². The second-order valence-electron chi connectivity index (χ2n) is 3.06. The van der Waals surface area contributed by atoms with Gasteiger partial charge in [0, 0.05) is 16.7 Å². The van der Waals surface area contributed by atoms with E-state index in [0.29, 0.717) is 10.6 Å². The van der Waals surface area contributed by atoms with Crippen LogP contribution in [-0.2, 0) is 4.79 Å². The third-order valence-electron chi connectivity index (χ3n) is 1.74. The Morgan fingerprint density at radius 3 is 2.82 bits per heavy atom. The highest BCUT2D eigenvalue weighted by Gasteiger charge is 2.07. The summed E-state index contributed by atoms with van der Waals surface area (Å²) in [7, 11) is 0. The van der Waals surface area contributed by atoms with Gasteiger partial charge < -0.3 is 9.84 Å². The summed E-state index contributed by atoms with van der Waals surface area (Å²) in [5.41, 5.74) is 0.334. The molecule has 0 aliphatic heterocycles. The van der Waals surface area contributed by atoms with Crippen molar-refractivity contribution in [1.29, 1.82) is 0 Å². The van der Waals surface area contributed by atoms with Gasteiger partial charge >= 0.3 is 5.97 Å². The summed E-state index contributed by atoms with van der Waals surface area (Å²) in [4.78, 5) is 10.4. The lowest BCUT2D eigenvalue weighted by Crippen LogP contribution is -2.07. The minimum absolute atomic E-state index is 0.159. The number of rotatable bonds is 5. The Morgan fingerprint density at radius 2 is 2.24 bits per heavy atom. The van der Waals surface area contributed by atoms with Crippen LogP contribution in [0.2, 0.25) is 5.02 Å². The summed E-state index contributed by atoms with van der Waals surface area (Å²) in [6, 6.07) is 4.31. The quantitative estimate of drug-likeness (QED) is 0.830. The van der Waals surface area contributed by atoms with E-state index in [9.17, 15) is 13.6 Å². The summed E-state index contributed by atoms with van der Waals surface area (Å²) in [6.45, 7) is -0.754. The Morgan fingerprint density at radius 1 is 1.53 bits per heavy atom. The van der Waals surface area contributed by atoms with Crippen LogP contribution in [0.25, 0.3) is 6.08 Å². The predicted molar refractivity (Wildman–Crippen MR) is 59.6 cm³/mol. The molecular formula is C11H9ClF2O3. The number of hydrogen-bond donors (Lipinski definition) is 1. The second kappa shape index (κ2) is 6.20. The van der Waals surface area contributed by atoms with Crippen molar-refractivity contribution in [3.05, 3.63) is 34.9 Å². The molecule has 0 fully saturated rings. The van der Waals surface area contributed by atoms with E-state index in [-0.39, 0.29) is 5.75 Å². The van der Waals surface area contributed by atoms with Gasteiger partial charge in [-0.1, -0.05) is 11.6 Å². The van der Waals surface area contributed by atoms with E-state index in [1.165, 1.54) is 24.3 Å². The third-order valence-corrected chi connectivity index (χ3v) is 1.98. The molecule has 1 N–H and O–H groups in total. The average molecular weight is 263 g/mol. The second-order valence-corrected chi connectivity index (χ2v) is 3.49. The van der Waals surface area contributed by atoms with Crippen LogP contribution in [0.15, 0.2) is 24.3 Å². The Balaban J connectivity index is 2.91. The molecule has 1 rings (SSSR count). The number of aliphatic carboxylic acids is 1. The SMILES string of the molecule is O=C(O)/C=C/c1cc(Cl)ccc1OCC(F)F. The van der Waals surface area contributed by atoms with Crippen molar-refractivity contribution in [2.45, 2.75) is 6.43 Å². The van der Waals surface area contributed by atoms with Crippen molar-refractivity contribution in [3.63, 3.8) is 0 Å². The Kier molecular flexibility index (Phi) is 4.90. The van der Waals surface area contributed by atoms with Gasteiger partial charge in [-0.2, -0.15) is 0 Å². The maximum absolute atomic E-state index is 12.0. The first kappa shape index (κ1) is 13.4. The molecule has 0 spiro atoms. The minimum atomic E-state index is -2.60. The van der Waals surface area contributed by atoms with Crippen LogP contribution in [0.4, 0.5) is 8.78 Å². The van der Waals surface area contributed by atoms with Gasteiger partial charge in [-0.25, -0.2) is 13.6 Å². The van der Waals surface area contributed by atoms with E-state index < -0.39 is 19.0 Å². The molecule has 0 saturated carbocycles. The minimum Gasteiger partial charge on any atom is -0.487 e. The highest BCUT2D eigenvalue weighted by atomic mass is 35.5. The first-order valence-electron chi connectivity index (χ1n) is 4.60. The number of carbonyl (C=O) groups is 1. The topological polar surface area (TPSA) is 46.5 Å². The lowest BCUT2D eigenvalue weighted by atomic mass is 10.2. The number of benzene rings is 1. The number of hydrogen-bond acceptors (Lipinski definition) is 2. The predicted octanol–water partition coefficient (Wildman–Crippen LogP) is 3.08. The molecular weight excluding hydrogens is 254 g/mol. The molecule has 0 heterocycles. The van der Waals surface area contributed by atoms with Crippen LogP contribution >= 0.6 is 11.6 Å². The number of alkyl halides is 2. The van der Waals surface area contributed by atoms with Crippen LogP contribution in [0, 0.1) is 0 Å². The van der Waals surface area contributed by atoms with Crippen molar-refractivity contribution < 1.29 is 23.4 Å². The number of carboxylic acids is 1. The number of ether oxygens (including phenoxy) is 1. The summed E-state index contributed by atoms with van der Waals surface area (Å²) in [5.74, 6) is -0.989. The van der Waals surface area contributed by atoms with Gasteiger partial charge in [0.2, 0.25) is 0 Å². The van der Waals surface area contributed by atoms with Gasteiger partial charge in [0.05, 0.1) is 0 Å². The van der Waals surface area contributed by atoms with Crippen LogP contribution in [0.5, 0.6) is 5.75 Å². The molecule has 6 heteroatoms. The van der Waals surface area contributed by atoms with E-state index in [0.717, 1.165) is 6.08 Å². The summed E-state index contributed by atoms with van der Waals surface area (Å²) < 4.78 is 28.8. The highest BCUT2D eigenvalue weighted by molar-refractivity contribution is 6.30. The summed E-state index contributed by atoms with van der Waals surface area (Å²) in [5, 5.41) is 8.83. The molecule has 0 radical (unpaired) electrons. The van der Waals surface area contributed by atoms with Crippen LogP contribution < -0.4 is 4.74 Å². The Labute approximate surface area is 101 Å². The van der Waals surface area contributed by atoms with E-state index in [1.54, 1.807) is 0 Å². The van der Waals surface area contributed by atoms with Gasteiger partial charge in [0.15, 0.2) is 0 Å². The standard InChI is InChI=1S/C11H9ClF2O3/c12-8-2-3-9(17-6-10(13)14)7(5-8)1-4-11(15)16/h1-5,10H,6H2,(H,15,16)/b4-1+. The Hall–Kier alpha value is -1.62. The molecule has 0 unspecified atom stereocenters. The largest absolute Gasteiger partial charge is 0.487 e. The monoisotopic (exact) mass is 262 g/mol. The molecule has 17 heavy (non-hydrogen) atoms. The fourth-order valence-electron chi connectivity index (χ4n) is 1.09. The van der Waals surface area contributed by atoms with Crippen molar-refractivity contribution in [2.75, 3.05) is 6.61 Å². The molecule has 0 saturated heterocycles. The van der Waals surface area contributed by atoms with Gasteiger partial charge in [-0.15, -0.1) is 0 Å². The molecule has 92 valence electrons. The zero-order valence-electron chi connectivity index (χ0n) is 8.57. The van der Waals surface area contributed by atoms with Gasteiger partial charge in [0.25, 0.3) is 6.43 Å². The fourth-order valence-corrected chi connectivity index (χ4v) is 1.28. The maximum Gasteiger partial charge on any atom is 0.328 e. The van der Waals surface area contributed by atoms with E-state index in [4.69, 9.17) is 21.4 Å². The third kappa shape index (κ3) is 4.82. The number of halogens is 3. The lowest BCUT2D eigenvalue weighted by Gasteiger charge is -2.08. The maximum atomic E-state index is 12.0. The van der Waals surface area contributed by atoms with Gasteiger partial charge in [-0.3, -0.25) is 0 Å². The van der Waals surface area contributed by atoms with Gasteiger partial charge in [-0.05, 0) is 24.3 Å². The molecule has 0 aliphatic carbocycles. The average Bonchev–Trinajstić information content (AvgIpc) is 2.24. The molecule has 3 nitrogen and oxygen atoms in total. The summed E-state index contributed by atoms with van der Waals surface area (Å²) >= 11 is 5.71. The summed E-state index contributed by atoms with van der Waals surface area (Å²) in [6.07, 6.45) is -0.488. The smallest absolute Gasteiger partial charge is 0.328 e. The van der Waals surface area contributed by atoms with Crippen molar-refractivity contribution in [3.8, 4) is 5.75 Å². The highest BCUT2D eigenvalue weighted by Crippen LogP contribution is 2.24. The van der Waals surface area contributed by atoms with Crippen molar-refractivity contribution >= 4 is 23.6 Å².